The molecule has 0 aliphatic rings. The van der Waals surface area contributed by atoms with Gasteiger partial charge in [0.25, 0.3) is 5.91 Å². The Morgan fingerprint density at radius 2 is 1.90 bits per heavy atom. The van der Waals surface area contributed by atoms with Crippen molar-refractivity contribution in [2.24, 2.45) is 0 Å². The van der Waals surface area contributed by atoms with Gasteiger partial charge in [0.1, 0.15) is 6.33 Å². The van der Waals surface area contributed by atoms with Crippen molar-refractivity contribution in [3.63, 3.8) is 0 Å². The van der Waals surface area contributed by atoms with Gasteiger partial charge in [0.15, 0.2) is 6.10 Å². The molecule has 1 atom stereocenters. The van der Waals surface area contributed by atoms with E-state index in [0.29, 0.717) is 11.3 Å². The number of tetrazole rings is 1. The van der Waals surface area contributed by atoms with E-state index < -0.39 is 12.1 Å². The topological polar surface area (TPSA) is 90.2 Å². The molecule has 0 N–H and O–H groups in total. The zero-order valence-corrected chi connectivity index (χ0v) is 11.9. The van der Waals surface area contributed by atoms with E-state index in [1.807, 2.05) is 0 Å². The molecule has 0 unspecified atom stereocenters. The molecule has 1 heterocycles. The lowest BCUT2D eigenvalue weighted by Gasteiger charge is -2.17. The van der Waals surface area contributed by atoms with Crippen LogP contribution in [0.25, 0.3) is 5.69 Å². The summed E-state index contributed by atoms with van der Waals surface area (Å²) in [7, 11) is 3.21. The monoisotopic (exact) mass is 289 g/mol. The van der Waals surface area contributed by atoms with Gasteiger partial charge in [-0.15, -0.1) is 5.10 Å². The normalized spacial score (nSPS) is 11.8. The molecule has 2 rings (SSSR count). The van der Waals surface area contributed by atoms with Crippen LogP contribution >= 0.6 is 0 Å². The molecule has 0 aliphatic carbocycles. The number of nitrogens with zero attached hydrogens (tertiary/aromatic N) is 5. The summed E-state index contributed by atoms with van der Waals surface area (Å²) in [6.45, 7) is 1.54. The Morgan fingerprint density at radius 1 is 1.24 bits per heavy atom. The molecule has 0 saturated carbocycles. The lowest BCUT2D eigenvalue weighted by molar-refractivity contribution is -0.137. The molecule has 0 spiro atoms. The highest BCUT2D eigenvalue weighted by Crippen LogP contribution is 2.10. The van der Waals surface area contributed by atoms with Crippen LogP contribution in [0.3, 0.4) is 0 Å². The van der Waals surface area contributed by atoms with Crippen LogP contribution in [-0.2, 0) is 9.53 Å². The van der Waals surface area contributed by atoms with E-state index in [4.69, 9.17) is 4.74 Å². The van der Waals surface area contributed by atoms with E-state index in [2.05, 4.69) is 15.5 Å². The van der Waals surface area contributed by atoms with E-state index in [0.717, 1.165) is 0 Å². The molecule has 1 aromatic heterocycles. The first kappa shape index (κ1) is 14.6. The Bertz CT molecular complexity index is 622. The number of aromatic nitrogens is 4. The van der Waals surface area contributed by atoms with Crippen molar-refractivity contribution in [2.45, 2.75) is 13.0 Å². The number of likely N-dealkylation sites (N-methyl/N-ethyl adjacent to an activating group) is 1. The number of esters is 1. The average molecular weight is 289 g/mol. The number of rotatable bonds is 4. The number of ether oxygens (including phenoxy) is 1. The Hall–Kier alpha value is -2.77. The highest BCUT2D eigenvalue weighted by atomic mass is 16.5. The second kappa shape index (κ2) is 6.12. The molecule has 0 fully saturated rings. The number of benzene rings is 1. The first-order chi connectivity index (χ1) is 9.99. The minimum absolute atomic E-state index is 0.270. The van der Waals surface area contributed by atoms with Gasteiger partial charge >= 0.3 is 5.97 Å². The van der Waals surface area contributed by atoms with Crippen LogP contribution < -0.4 is 0 Å². The molecule has 0 saturated heterocycles. The first-order valence-corrected chi connectivity index (χ1v) is 6.24. The summed E-state index contributed by atoms with van der Waals surface area (Å²) in [4.78, 5) is 25.0. The van der Waals surface area contributed by atoms with Crippen LogP contribution in [-0.4, -0.2) is 57.2 Å². The van der Waals surface area contributed by atoms with E-state index in [9.17, 15) is 9.59 Å². The number of hydrogen-bond acceptors (Lipinski definition) is 6. The molecule has 8 nitrogen and oxygen atoms in total. The molecule has 2 aromatic rings. The van der Waals surface area contributed by atoms with Crippen LogP contribution in [0.4, 0.5) is 0 Å². The maximum Gasteiger partial charge on any atom is 0.338 e. The standard InChI is InChI=1S/C13H15N5O3/c1-9(12(19)17(2)3)21-13(20)10-4-6-11(7-5-10)18-8-14-15-16-18/h4-9H,1-3H3/t9-/m1/s1. The predicted octanol–water partition coefficient (Wildman–Crippen LogP) is 0.296. The second-order valence-corrected chi connectivity index (χ2v) is 4.58. The quantitative estimate of drug-likeness (QED) is 0.752. The molecule has 0 radical (unpaired) electrons. The summed E-state index contributed by atoms with van der Waals surface area (Å²) in [6, 6.07) is 6.55. The van der Waals surface area contributed by atoms with E-state index in [1.165, 1.54) is 22.8 Å². The molecular weight excluding hydrogens is 274 g/mol. The number of hydrogen-bond donors (Lipinski definition) is 0. The fourth-order valence-electron chi connectivity index (χ4n) is 1.67. The van der Waals surface area contributed by atoms with E-state index in [1.54, 1.807) is 38.4 Å². The first-order valence-electron chi connectivity index (χ1n) is 6.24. The summed E-state index contributed by atoms with van der Waals surface area (Å²) < 4.78 is 6.58. The number of amides is 1. The van der Waals surface area contributed by atoms with Crippen LogP contribution in [0.1, 0.15) is 17.3 Å². The van der Waals surface area contributed by atoms with Crippen molar-refractivity contribution in [3.05, 3.63) is 36.2 Å². The van der Waals surface area contributed by atoms with E-state index in [-0.39, 0.29) is 5.91 Å². The van der Waals surface area contributed by atoms with Crippen LogP contribution in [0.5, 0.6) is 0 Å². The number of carbonyl (C=O) groups is 2. The van der Waals surface area contributed by atoms with Gasteiger partial charge in [-0.05, 0) is 41.6 Å². The van der Waals surface area contributed by atoms with Crippen molar-refractivity contribution >= 4 is 11.9 Å². The minimum atomic E-state index is -0.827. The summed E-state index contributed by atoms with van der Waals surface area (Å²) in [5, 5.41) is 10.8. The Labute approximate surface area is 121 Å². The molecular formula is C13H15N5O3. The maximum absolute atomic E-state index is 11.9. The minimum Gasteiger partial charge on any atom is -0.449 e. The highest BCUT2D eigenvalue weighted by molar-refractivity contribution is 5.92. The summed E-state index contributed by atoms with van der Waals surface area (Å²) in [5.41, 5.74) is 1.07. The van der Waals surface area contributed by atoms with Crippen molar-refractivity contribution in [3.8, 4) is 5.69 Å². The van der Waals surface area contributed by atoms with Crippen LogP contribution in [0.15, 0.2) is 30.6 Å². The molecule has 0 aliphatic heterocycles. The van der Waals surface area contributed by atoms with Gasteiger partial charge in [0, 0.05) is 14.1 Å². The van der Waals surface area contributed by atoms with E-state index >= 15 is 0 Å². The second-order valence-electron chi connectivity index (χ2n) is 4.58. The van der Waals surface area contributed by atoms with Crippen molar-refractivity contribution in [2.75, 3.05) is 14.1 Å². The Kier molecular flexibility index (Phi) is 4.27. The predicted molar refractivity (Wildman–Crippen MR) is 72.7 cm³/mol. The highest BCUT2D eigenvalue weighted by Gasteiger charge is 2.20. The zero-order valence-electron chi connectivity index (χ0n) is 11.9. The van der Waals surface area contributed by atoms with Crippen LogP contribution in [0.2, 0.25) is 0 Å². The Morgan fingerprint density at radius 3 is 2.43 bits per heavy atom. The molecule has 8 heteroatoms. The molecule has 110 valence electrons. The van der Waals surface area contributed by atoms with Gasteiger partial charge in [0.2, 0.25) is 0 Å². The van der Waals surface area contributed by atoms with Crippen molar-refractivity contribution in [1.82, 2.24) is 25.1 Å². The van der Waals surface area contributed by atoms with Gasteiger partial charge in [-0.2, -0.15) is 0 Å². The van der Waals surface area contributed by atoms with Gasteiger partial charge in [0.05, 0.1) is 11.3 Å². The third kappa shape index (κ3) is 3.41. The number of carbonyl (C=O) groups excluding carboxylic acids is 2. The summed E-state index contributed by atoms with van der Waals surface area (Å²) in [5.74, 6) is -0.824. The molecule has 0 bridgehead atoms. The van der Waals surface area contributed by atoms with Gasteiger partial charge < -0.3 is 9.64 Å². The zero-order chi connectivity index (χ0) is 15.4. The van der Waals surface area contributed by atoms with Crippen LogP contribution in [0, 0.1) is 0 Å². The van der Waals surface area contributed by atoms with Gasteiger partial charge in [-0.3, -0.25) is 4.79 Å². The Balaban J connectivity index is 2.05. The summed E-state index contributed by atoms with van der Waals surface area (Å²) >= 11 is 0. The van der Waals surface area contributed by atoms with Gasteiger partial charge in [-0.25, -0.2) is 9.48 Å². The maximum atomic E-state index is 11.9. The molecule has 21 heavy (non-hydrogen) atoms. The fourth-order valence-corrected chi connectivity index (χ4v) is 1.67. The summed E-state index contributed by atoms with van der Waals surface area (Å²) in [6.07, 6.45) is 0.622. The average Bonchev–Trinajstić information content (AvgIpc) is 3.00. The lowest BCUT2D eigenvalue weighted by Crippen LogP contribution is -2.34. The van der Waals surface area contributed by atoms with Crippen molar-refractivity contribution in [1.29, 1.82) is 0 Å². The van der Waals surface area contributed by atoms with Crippen molar-refractivity contribution < 1.29 is 14.3 Å². The molecule has 1 amide bonds. The SMILES string of the molecule is C[C@@H](OC(=O)c1ccc(-n2cnnn2)cc1)C(=O)N(C)C. The lowest BCUT2D eigenvalue weighted by atomic mass is 10.2. The third-order valence-corrected chi connectivity index (χ3v) is 2.79. The largest absolute Gasteiger partial charge is 0.449 e. The fraction of sp³-hybridized carbons (Fsp3) is 0.308. The third-order valence-electron chi connectivity index (χ3n) is 2.79. The smallest absolute Gasteiger partial charge is 0.338 e. The molecule has 1 aromatic carbocycles. The van der Waals surface area contributed by atoms with Gasteiger partial charge in [-0.1, -0.05) is 0 Å².